The van der Waals surface area contributed by atoms with Crippen LogP contribution in [-0.4, -0.2) is 99.0 Å². The van der Waals surface area contributed by atoms with Crippen LogP contribution in [0.3, 0.4) is 0 Å². The molecule has 1 amide bonds. The largest absolute Gasteiger partial charge is 0.416 e. The van der Waals surface area contributed by atoms with E-state index in [-0.39, 0.29) is 35.6 Å². The average Bonchev–Trinajstić information content (AvgIpc) is 3.57. The monoisotopic (exact) mass is 623 g/mol. The Morgan fingerprint density at radius 1 is 1.09 bits per heavy atom. The summed E-state index contributed by atoms with van der Waals surface area (Å²) in [6, 6.07) is 5.48. The molecule has 0 radical (unpaired) electrons. The SMILES string of the molecule is C[C@@H]1CN(N2Cc3nc(C#Cc4cncc(C(=O)Nc5ccc(CN6CCN(C)CC6)c(C(F)(F)F)c5)c4)cn3N2)C[C@H](C)O1. The predicted octanol–water partition coefficient (Wildman–Crippen LogP) is 2.99. The van der Waals surface area contributed by atoms with Gasteiger partial charge in [-0.25, -0.2) is 20.2 Å². The number of hydrogen-bond donors (Lipinski definition) is 2. The van der Waals surface area contributed by atoms with Gasteiger partial charge in [0.1, 0.15) is 11.5 Å². The van der Waals surface area contributed by atoms with Crippen LogP contribution in [0.1, 0.15) is 52.4 Å². The molecular formula is C31H36F3N9O2. The molecule has 11 nitrogen and oxygen atoms in total. The second kappa shape index (κ2) is 12.8. The fourth-order valence-electron chi connectivity index (χ4n) is 5.76. The number of carbonyl (C=O) groups excluding carboxylic acids is 1. The Kier molecular flexibility index (Phi) is 8.80. The van der Waals surface area contributed by atoms with Crippen molar-refractivity contribution in [3.63, 3.8) is 0 Å². The van der Waals surface area contributed by atoms with Gasteiger partial charge in [-0.1, -0.05) is 12.0 Å². The number of alkyl halides is 3. The van der Waals surface area contributed by atoms with Gasteiger partial charge in [-0.05, 0) is 50.6 Å². The first-order chi connectivity index (χ1) is 21.5. The summed E-state index contributed by atoms with van der Waals surface area (Å²) in [5, 5.41) is 6.80. The third-order valence-corrected chi connectivity index (χ3v) is 8.03. The summed E-state index contributed by atoms with van der Waals surface area (Å²) in [5.41, 5.74) is 3.98. The molecule has 14 heteroatoms. The zero-order valence-corrected chi connectivity index (χ0v) is 25.4. The van der Waals surface area contributed by atoms with E-state index in [1.807, 2.05) is 21.7 Å². The molecule has 0 saturated carbocycles. The summed E-state index contributed by atoms with van der Waals surface area (Å²) in [6.07, 6.45) is 0.372. The molecule has 0 bridgehead atoms. The number of carbonyl (C=O) groups is 1. The molecule has 0 spiro atoms. The van der Waals surface area contributed by atoms with E-state index < -0.39 is 17.6 Å². The summed E-state index contributed by atoms with van der Waals surface area (Å²) in [7, 11) is 2.00. The number of hydrogen-bond acceptors (Lipinski definition) is 9. The van der Waals surface area contributed by atoms with E-state index in [4.69, 9.17) is 4.74 Å². The number of benzene rings is 1. The fourth-order valence-corrected chi connectivity index (χ4v) is 5.76. The van der Waals surface area contributed by atoms with Gasteiger partial charge < -0.3 is 15.0 Å². The van der Waals surface area contributed by atoms with Gasteiger partial charge in [-0.15, -0.1) is 5.12 Å². The van der Waals surface area contributed by atoms with E-state index in [0.29, 0.717) is 30.9 Å². The molecule has 2 aromatic heterocycles. The van der Waals surface area contributed by atoms with Gasteiger partial charge >= 0.3 is 6.18 Å². The summed E-state index contributed by atoms with van der Waals surface area (Å²) < 4.78 is 49.6. The molecule has 5 heterocycles. The number of halogens is 3. The summed E-state index contributed by atoms with van der Waals surface area (Å²) in [4.78, 5) is 25.9. The Hall–Kier alpha value is -4.00. The van der Waals surface area contributed by atoms with E-state index in [2.05, 4.69) is 56.4 Å². The Morgan fingerprint density at radius 3 is 2.56 bits per heavy atom. The molecule has 2 saturated heterocycles. The van der Waals surface area contributed by atoms with Crippen LogP contribution in [0.5, 0.6) is 0 Å². The molecular weight excluding hydrogens is 587 g/mol. The minimum Gasteiger partial charge on any atom is -0.373 e. The van der Waals surface area contributed by atoms with Crippen molar-refractivity contribution < 1.29 is 22.7 Å². The first-order valence-electron chi connectivity index (χ1n) is 14.9. The molecule has 2 N–H and O–H groups in total. The lowest BCUT2D eigenvalue weighted by Gasteiger charge is -2.39. The molecule has 1 aromatic carbocycles. The first kappa shape index (κ1) is 31.0. The number of nitrogens with zero attached hydrogens (tertiary/aromatic N) is 7. The van der Waals surface area contributed by atoms with Gasteiger partial charge in [0.15, 0.2) is 0 Å². The molecule has 2 atom stereocenters. The van der Waals surface area contributed by atoms with Gasteiger partial charge in [0.05, 0.1) is 36.1 Å². The number of hydrazine groups is 2. The highest BCUT2D eigenvalue weighted by Gasteiger charge is 2.35. The van der Waals surface area contributed by atoms with Crippen LogP contribution in [0, 0.1) is 11.8 Å². The summed E-state index contributed by atoms with van der Waals surface area (Å²) in [5.74, 6) is 6.21. The zero-order chi connectivity index (χ0) is 31.7. The quantitative estimate of drug-likeness (QED) is 0.416. The molecule has 45 heavy (non-hydrogen) atoms. The van der Waals surface area contributed by atoms with Crippen molar-refractivity contribution in [3.8, 4) is 11.8 Å². The molecule has 2 fully saturated rings. The Morgan fingerprint density at radius 2 is 1.84 bits per heavy atom. The van der Waals surface area contributed by atoms with Gasteiger partial charge in [0, 0.05) is 69.5 Å². The van der Waals surface area contributed by atoms with Gasteiger partial charge in [-0.2, -0.15) is 13.2 Å². The van der Waals surface area contributed by atoms with Gasteiger partial charge in [0.2, 0.25) is 0 Å². The van der Waals surface area contributed by atoms with Crippen molar-refractivity contribution in [2.75, 3.05) is 57.2 Å². The van der Waals surface area contributed by atoms with Crippen LogP contribution in [0.2, 0.25) is 0 Å². The van der Waals surface area contributed by atoms with E-state index in [9.17, 15) is 18.0 Å². The smallest absolute Gasteiger partial charge is 0.373 e. The van der Waals surface area contributed by atoms with E-state index in [0.717, 1.165) is 38.1 Å². The number of amides is 1. The second-order valence-corrected chi connectivity index (χ2v) is 11.8. The molecule has 3 aliphatic rings. The number of pyridine rings is 1. The van der Waals surface area contributed by atoms with Gasteiger partial charge in [0.25, 0.3) is 5.91 Å². The average molecular weight is 624 g/mol. The summed E-state index contributed by atoms with van der Waals surface area (Å²) in [6.45, 7) is 9.44. The van der Waals surface area contributed by atoms with Crippen molar-refractivity contribution >= 4 is 11.6 Å². The maximum Gasteiger partial charge on any atom is 0.416 e. The van der Waals surface area contributed by atoms with Crippen molar-refractivity contribution in [3.05, 3.63) is 76.6 Å². The minimum atomic E-state index is -4.56. The lowest BCUT2D eigenvalue weighted by molar-refractivity contribution is -0.141. The lowest BCUT2D eigenvalue weighted by Crippen LogP contribution is -2.54. The number of ether oxygens (including phenoxy) is 1. The molecule has 0 unspecified atom stereocenters. The number of rotatable bonds is 5. The molecule has 238 valence electrons. The van der Waals surface area contributed by atoms with Gasteiger partial charge in [-0.3, -0.25) is 14.7 Å². The van der Waals surface area contributed by atoms with Crippen LogP contribution in [0.25, 0.3) is 0 Å². The minimum absolute atomic E-state index is 0.0565. The third kappa shape index (κ3) is 7.46. The maximum absolute atomic E-state index is 14.0. The number of likely N-dealkylation sites (N-methyl/N-ethyl adjacent to an activating group) is 1. The van der Waals surface area contributed by atoms with E-state index in [1.54, 1.807) is 12.3 Å². The predicted molar refractivity (Wildman–Crippen MR) is 161 cm³/mol. The van der Waals surface area contributed by atoms with Crippen LogP contribution < -0.4 is 10.9 Å². The number of aromatic nitrogens is 3. The lowest BCUT2D eigenvalue weighted by atomic mass is 10.0. The van der Waals surface area contributed by atoms with Crippen molar-refractivity contribution in [1.82, 2.24) is 34.6 Å². The Labute approximate surface area is 259 Å². The normalized spacial score (nSPS) is 21.6. The van der Waals surface area contributed by atoms with Crippen LogP contribution >= 0.6 is 0 Å². The highest BCUT2D eigenvalue weighted by molar-refractivity contribution is 6.04. The molecule has 6 rings (SSSR count). The van der Waals surface area contributed by atoms with Crippen molar-refractivity contribution in [2.45, 2.75) is 45.3 Å². The van der Waals surface area contributed by atoms with E-state index >= 15 is 0 Å². The second-order valence-electron chi connectivity index (χ2n) is 11.8. The number of imidazole rings is 1. The standard InChI is InChI=1S/C31H36F3N9O2/c1-21-16-41(17-22(2)45-21)43-20-29-36-27(19-42(29)38-43)6-4-23-12-25(15-35-14-23)30(44)37-26-7-5-24(28(13-26)31(32,33)34)18-40-10-8-39(3)9-11-40/h5,7,12-15,19,21-22,38H,8-11,16-18,20H2,1-3H3,(H,37,44)/t21-,22+. The molecule has 3 aliphatic heterocycles. The first-order valence-corrected chi connectivity index (χ1v) is 14.9. The zero-order valence-electron chi connectivity index (χ0n) is 25.4. The summed E-state index contributed by atoms with van der Waals surface area (Å²) >= 11 is 0. The maximum atomic E-state index is 14.0. The Balaban J connectivity index is 1.10. The molecule has 3 aromatic rings. The fraction of sp³-hybridized carbons (Fsp3) is 0.452. The number of nitrogens with one attached hydrogen (secondary N) is 2. The van der Waals surface area contributed by atoms with E-state index in [1.165, 1.54) is 24.5 Å². The highest BCUT2D eigenvalue weighted by atomic mass is 19.4. The Bertz CT molecular complexity index is 1570. The highest BCUT2D eigenvalue weighted by Crippen LogP contribution is 2.34. The number of fused-ring (bicyclic) bond motifs is 1. The van der Waals surface area contributed by atoms with Crippen LogP contribution in [-0.2, 0) is 24.0 Å². The van der Waals surface area contributed by atoms with Crippen LogP contribution in [0.15, 0.2) is 42.9 Å². The van der Waals surface area contributed by atoms with Crippen molar-refractivity contribution in [2.24, 2.45) is 0 Å². The van der Waals surface area contributed by atoms with Crippen LogP contribution in [0.4, 0.5) is 18.9 Å². The number of anilines is 1. The topological polar surface area (TPSA) is 94.0 Å². The molecule has 0 aliphatic carbocycles. The third-order valence-electron chi connectivity index (χ3n) is 8.03. The number of morpholine rings is 1. The van der Waals surface area contributed by atoms with Crippen molar-refractivity contribution in [1.29, 1.82) is 0 Å². The number of piperazine rings is 1.